The molecule has 1 aliphatic heterocycles. The molecular weight excluding hydrogens is 572 g/mol. The van der Waals surface area contributed by atoms with E-state index in [4.69, 9.17) is 25.8 Å². The zero-order valence-electron chi connectivity index (χ0n) is 15.6. The summed E-state index contributed by atoms with van der Waals surface area (Å²) in [6, 6.07) is 8.97. The third-order valence-electron chi connectivity index (χ3n) is 3.80. The molecule has 0 aromatic heterocycles. The minimum absolute atomic E-state index is 0.166. The van der Waals surface area contributed by atoms with Crippen LogP contribution in [-0.2, 0) is 9.53 Å². The SMILES string of the molecule is C=C(C)COc1c(Br)cc(/C=C2\N=C(c3cc(I)ccc3Cl)OC2=O)cc1OC. The van der Waals surface area contributed by atoms with Gasteiger partial charge in [-0.3, -0.25) is 0 Å². The van der Waals surface area contributed by atoms with Gasteiger partial charge in [-0.15, -0.1) is 0 Å². The summed E-state index contributed by atoms with van der Waals surface area (Å²) in [6.07, 6.45) is 1.62. The van der Waals surface area contributed by atoms with Gasteiger partial charge in [0.25, 0.3) is 0 Å². The summed E-state index contributed by atoms with van der Waals surface area (Å²) in [5, 5.41) is 0.460. The summed E-state index contributed by atoms with van der Waals surface area (Å²) in [6.45, 7) is 6.07. The van der Waals surface area contributed by atoms with Crippen LogP contribution in [0, 0.1) is 3.57 Å². The maximum Gasteiger partial charge on any atom is 0.363 e. The molecule has 2 aromatic carbocycles. The highest BCUT2D eigenvalue weighted by Gasteiger charge is 2.26. The number of nitrogens with zero attached hydrogens (tertiary/aromatic N) is 1. The van der Waals surface area contributed by atoms with Crippen molar-refractivity contribution in [1.29, 1.82) is 0 Å². The number of hydrogen-bond acceptors (Lipinski definition) is 5. The lowest BCUT2D eigenvalue weighted by atomic mass is 10.1. The van der Waals surface area contributed by atoms with Gasteiger partial charge in [-0.25, -0.2) is 9.79 Å². The number of carbonyl (C=O) groups excluding carboxylic acids is 1. The fraction of sp³-hybridized carbons (Fsp3) is 0.143. The molecule has 5 nitrogen and oxygen atoms in total. The van der Waals surface area contributed by atoms with Crippen LogP contribution in [0.2, 0.25) is 5.02 Å². The molecule has 2 aromatic rings. The van der Waals surface area contributed by atoms with Gasteiger partial charge in [0.2, 0.25) is 5.90 Å². The van der Waals surface area contributed by atoms with Crippen molar-refractivity contribution in [3.8, 4) is 11.5 Å². The number of esters is 1. The van der Waals surface area contributed by atoms with E-state index in [1.54, 1.807) is 25.3 Å². The maximum atomic E-state index is 12.3. The van der Waals surface area contributed by atoms with Crippen molar-refractivity contribution in [2.45, 2.75) is 6.92 Å². The van der Waals surface area contributed by atoms with E-state index in [9.17, 15) is 4.79 Å². The molecular formula is C21H16BrClINO4. The molecule has 0 atom stereocenters. The maximum absolute atomic E-state index is 12.3. The third kappa shape index (κ3) is 5.21. The van der Waals surface area contributed by atoms with Crippen LogP contribution in [0.15, 0.2) is 57.6 Å². The molecule has 1 heterocycles. The van der Waals surface area contributed by atoms with Gasteiger partial charge in [0.05, 0.1) is 22.2 Å². The highest BCUT2D eigenvalue weighted by atomic mass is 127. The zero-order chi connectivity index (χ0) is 21.1. The number of carbonyl (C=O) groups is 1. The lowest BCUT2D eigenvalue weighted by Crippen LogP contribution is -2.06. The van der Waals surface area contributed by atoms with Crippen LogP contribution >= 0.6 is 50.1 Å². The zero-order valence-corrected chi connectivity index (χ0v) is 20.1. The van der Waals surface area contributed by atoms with E-state index in [-0.39, 0.29) is 11.6 Å². The van der Waals surface area contributed by atoms with Crippen molar-refractivity contribution in [1.82, 2.24) is 0 Å². The summed E-state index contributed by atoms with van der Waals surface area (Å²) in [7, 11) is 1.55. The van der Waals surface area contributed by atoms with Gasteiger partial charge < -0.3 is 14.2 Å². The number of rotatable bonds is 6. The van der Waals surface area contributed by atoms with Crippen LogP contribution in [0.5, 0.6) is 11.5 Å². The molecule has 0 amide bonds. The molecule has 0 bridgehead atoms. The monoisotopic (exact) mass is 587 g/mol. The number of aliphatic imine (C=N–C) groups is 1. The van der Waals surface area contributed by atoms with E-state index in [0.29, 0.717) is 38.7 Å². The molecule has 29 heavy (non-hydrogen) atoms. The van der Waals surface area contributed by atoms with Crippen LogP contribution in [0.25, 0.3) is 6.08 Å². The van der Waals surface area contributed by atoms with Crippen molar-refractivity contribution in [3.05, 3.63) is 72.4 Å². The number of halogens is 3. The first-order valence-corrected chi connectivity index (χ1v) is 10.7. The van der Waals surface area contributed by atoms with Crippen molar-refractivity contribution in [3.63, 3.8) is 0 Å². The Hall–Kier alpha value is -1.84. The summed E-state index contributed by atoms with van der Waals surface area (Å²) in [5.41, 5.74) is 2.31. The van der Waals surface area contributed by atoms with Crippen LogP contribution in [0.4, 0.5) is 0 Å². The van der Waals surface area contributed by atoms with Crippen molar-refractivity contribution >= 4 is 68.1 Å². The van der Waals surface area contributed by atoms with Crippen LogP contribution < -0.4 is 9.47 Å². The summed E-state index contributed by atoms with van der Waals surface area (Å²) >= 11 is 11.9. The minimum atomic E-state index is -0.548. The minimum Gasteiger partial charge on any atom is -0.493 e. The molecule has 1 aliphatic rings. The lowest BCUT2D eigenvalue weighted by Gasteiger charge is -2.13. The third-order valence-corrected chi connectivity index (χ3v) is 5.39. The predicted molar refractivity (Wildman–Crippen MR) is 126 cm³/mol. The Balaban J connectivity index is 1.96. The summed E-state index contributed by atoms with van der Waals surface area (Å²) in [4.78, 5) is 16.6. The van der Waals surface area contributed by atoms with Gasteiger partial charge in [0.1, 0.15) is 6.61 Å². The van der Waals surface area contributed by atoms with Gasteiger partial charge in [-0.2, -0.15) is 0 Å². The highest BCUT2D eigenvalue weighted by Crippen LogP contribution is 2.38. The topological polar surface area (TPSA) is 57.1 Å². The van der Waals surface area contributed by atoms with Gasteiger partial charge in [0.15, 0.2) is 17.2 Å². The van der Waals surface area contributed by atoms with Gasteiger partial charge in [-0.1, -0.05) is 18.2 Å². The normalized spacial score (nSPS) is 14.6. The molecule has 0 spiro atoms. The van der Waals surface area contributed by atoms with Crippen molar-refractivity contribution < 1.29 is 19.0 Å². The average Bonchev–Trinajstić information content (AvgIpc) is 3.02. The van der Waals surface area contributed by atoms with Gasteiger partial charge >= 0.3 is 5.97 Å². The summed E-state index contributed by atoms with van der Waals surface area (Å²) < 4.78 is 18.1. The van der Waals surface area contributed by atoms with E-state index >= 15 is 0 Å². The quantitative estimate of drug-likeness (QED) is 0.179. The lowest BCUT2D eigenvalue weighted by molar-refractivity contribution is -0.129. The molecule has 0 aliphatic carbocycles. The smallest absolute Gasteiger partial charge is 0.363 e. The summed E-state index contributed by atoms with van der Waals surface area (Å²) in [5.74, 6) is 0.704. The number of cyclic esters (lactones) is 1. The molecule has 0 N–H and O–H groups in total. The fourth-order valence-electron chi connectivity index (χ4n) is 2.50. The molecule has 0 radical (unpaired) electrons. The van der Waals surface area contributed by atoms with E-state index < -0.39 is 5.97 Å². The Bertz CT molecular complexity index is 1060. The number of benzene rings is 2. The molecule has 8 heteroatoms. The van der Waals surface area contributed by atoms with E-state index in [1.165, 1.54) is 0 Å². The van der Waals surface area contributed by atoms with E-state index in [1.807, 2.05) is 25.1 Å². The largest absolute Gasteiger partial charge is 0.493 e. The van der Waals surface area contributed by atoms with Crippen molar-refractivity contribution in [2.75, 3.05) is 13.7 Å². The Morgan fingerprint density at radius 3 is 2.83 bits per heavy atom. The second-order valence-electron chi connectivity index (χ2n) is 6.24. The molecule has 150 valence electrons. The van der Waals surface area contributed by atoms with Crippen molar-refractivity contribution in [2.24, 2.45) is 4.99 Å². The molecule has 0 saturated heterocycles. The number of ether oxygens (including phenoxy) is 3. The first-order chi connectivity index (χ1) is 13.8. The predicted octanol–water partition coefficient (Wildman–Crippen LogP) is 6.02. The average molecular weight is 589 g/mol. The van der Waals surface area contributed by atoms with Crippen LogP contribution in [-0.4, -0.2) is 25.6 Å². The highest BCUT2D eigenvalue weighted by molar-refractivity contribution is 14.1. The standard InChI is InChI=1S/C21H16BrClINO4/c1-11(2)10-28-19-15(22)6-12(8-18(19)27-3)7-17-21(26)29-20(25-17)14-9-13(24)4-5-16(14)23/h4-9H,1,10H2,2-3H3/b17-7-. The Kier molecular flexibility index (Phi) is 7.02. The fourth-order valence-corrected chi connectivity index (χ4v) is 3.77. The Labute approximate surface area is 195 Å². The first kappa shape index (κ1) is 21.9. The second-order valence-corrected chi connectivity index (χ2v) is 8.75. The molecule has 0 saturated carbocycles. The van der Waals surface area contributed by atoms with Gasteiger partial charge in [-0.05, 0) is 93.0 Å². The Morgan fingerprint density at radius 1 is 1.38 bits per heavy atom. The second kappa shape index (κ2) is 9.32. The van der Waals surface area contributed by atoms with Gasteiger partial charge in [0, 0.05) is 3.57 Å². The van der Waals surface area contributed by atoms with E-state index in [2.05, 4.69) is 50.1 Å². The van der Waals surface area contributed by atoms with Crippen LogP contribution in [0.1, 0.15) is 18.1 Å². The van der Waals surface area contributed by atoms with Crippen LogP contribution in [0.3, 0.4) is 0 Å². The number of methoxy groups -OCH3 is 1. The Morgan fingerprint density at radius 2 is 2.14 bits per heavy atom. The number of hydrogen-bond donors (Lipinski definition) is 0. The first-order valence-electron chi connectivity index (χ1n) is 8.41. The molecule has 0 fully saturated rings. The molecule has 0 unspecified atom stereocenters. The molecule has 3 rings (SSSR count). The van der Waals surface area contributed by atoms with E-state index in [0.717, 1.165) is 9.14 Å².